The maximum atomic E-state index is 12.8. The zero-order valence-electron chi connectivity index (χ0n) is 13.7. The first kappa shape index (κ1) is 14.9. The summed E-state index contributed by atoms with van der Waals surface area (Å²) in [5.41, 5.74) is 1.37. The molecule has 3 nitrogen and oxygen atoms in total. The smallest absolute Gasteiger partial charge is 0.338 e. The number of ether oxygens (including phenoxy) is 1. The normalized spacial score (nSPS) is 34.4. The summed E-state index contributed by atoms with van der Waals surface area (Å²) in [5.74, 6) is 1.98. The number of rotatable bonds is 4. The van der Waals surface area contributed by atoms with Crippen molar-refractivity contribution in [2.24, 2.45) is 23.2 Å². The highest BCUT2D eigenvalue weighted by Crippen LogP contribution is 2.60. The third kappa shape index (κ3) is 2.71. The van der Waals surface area contributed by atoms with Gasteiger partial charge in [0.05, 0.1) is 5.56 Å². The molecular formula is C20H24O3. The minimum Gasteiger partial charge on any atom is -0.454 e. The van der Waals surface area contributed by atoms with Crippen molar-refractivity contribution in [1.29, 1.82) is 0 Å². The van der Waals surface area contributed by atoms with Gasteiger partial charge in [0.25, 0.3) is 0 Å². The molecule has 1 aromatic rings. The van der Waals surface area contributed by atoms with E-state index in [0.29, 0.717) is 5.56 Å². The first-order valence-electron chi connectivity index (χ1n) is 8.81. The summed E-state index contributed by atoms with van der Waals surface area (Å²) < 4.78 is 5.35. The van der Waals surface area contributed by atoms with E-state index in [4.69, 9.17) is 4.74 Å². The highest BCUT2D eigenvalue weighted by Gasteiger charge is 2.54. The molecule has 0 spiro atoms. The Kier molecular flexibility index (Phi) is 3.55. The van der Waals surface area contributed by atoms with E-state index in [1.54, 1.807) is 12.1 Å². The first-order valence-corrected chi connectivity index (χ1v) is 8.81. The predicted molar refractivity (Wildman–Crippen MR) is 87.1 cm³/mol. The van der Waals surface area contributed by atoms with Crippen molar-refractivity contribution >= 4 is 11.8 Å². The standard InChI is InChI=1S/C20H24O3/c1-13-3-2-4-17(5-13)19(22)23-12-18(21)20-9-14-6-15(10-20)8-16(7-14)11-20/h2-5,14-16H,6-12H2,1H3. The molecule has 0 N–H and O–H groups in total. The van der Waals surface area contributed by atoms with Gasteiger partial charge < -0.3 is 4.74 Å². The molecule has 0 heterocycles. The molecule has 0 unspecified atom stereocenters. The van der Waals surface area contributed by atoms with Crippen molar-refractivity contribution in [3.8, 4) is 0 Å². The van der Waals surface area contributed by atoms with Crippen molar-refractivity contribution in [2.75, 3.05) is 6.61 Å². The number of ketones is 1. The lowest BCUT2D eigenvalue weighted by Gasteiger charge is -2.55. The lowest BCUT2D eigenvalue weighted by atomic mass is 9.48. The number of hydrogen-bond donors (Lipinski definition) is 0. The molecule has 0 amide bonds. The molecule has 0 radical (unpaired) electrons. The summed E-state index contributed by atoms with van der Waals surface area (Å²) in [5, 5.41) is 0. The average Bonchev–Trinajstić information content (AvgIpc) is 2.51. The van der Waals surface area contributed by atoms with Crippen LogP contribution < -0.4 is 0 Å². The number of carbonyl (C=O) groups is 2. The average molecular weight is 312 g/mol. The van der Waals surface area contributed by atoms with Crippen LogP contribution in [-0.2, 0) is 9.53 Å². The summed E-state index contributed by atoms with van der Waals surface area (Å²) >= 11 is 0. The van der Waals surface area contributed by atoms with Crippen molar-refractivity contribution in [3.63, 3.8) is 0 Å². The Morgan fingerprint density at radius 1 is 1.09 bits per heavy atom. The molecule has 0 saturated heterocycles. The van der Waals surface area contributed by atoms with Gasteiger partial charge in [-0.25, -0.2) is 4.79 Å². The minimum absolute atomic E-state index is 0.0566. The summed E-state index contributed by atoms with van der Waals surface area (Å²) in [4.78, 5) is 25.0. The van der Waals surface area contributed by atoms with E-state index in [9.17, 15) is 9.59 Å². The van der Waals surface area contributed by atoms with Gasteiger partial charge >= 0.3 is 5.97 Å². The van der Waals surface area contributed by atoms with Crippen molar-refractivity contribution in [1.82, 2.24) is 0 Å². The summed E-state index contributed by atoms with van der Waals surface area (Å²) in [6.07, 6.45) is 7.03. The second-order valence-electron chi connectivity index (χ2n) is 8.07. The van der Waals surface area contributed by atoms with Crippen LogP contribution in [0.2, 0.25) is 0 Å². The zero-order chi connectivity index (χ0) is 16.0. The number of esters is 1. The van der Waals surface area contributed by atoms with Gasteiger partial charge in [0, 0.05) is 5.41 Å². The van der Waals surface area contributed by atoms with E-state index < -0.39 is 0 Å². The van der Waals surface area contributed by atoms with Crippen molar-refractivity contribution < 1.29 is 14.3 Å². The van der Waals surface area contributed by atoms with Gasteiger partial charge in [-0.15, -0.1) is 0 Å². The Hall–Kier alpha value is -1.64. The zero-order valence-corrected chi connectivity index (χ0v) is 13.7. The van der Waals surface area contributed by atoms with Gasteiger partial charge in [-0.2, -0.15) is 0 Å². The monoisotopic (exact) mass is 312 g/mol. The van der Waals surface area contributed by atoms with E-state index in [1.807, 2.05) is 19.1 Å². The SMILES string of the molecule is Cc1cccc(C(=O)OCC(=O)C23CC4CC(CC(C4)C2)C3)c1. The topological polar surface area (TPSA) is 43.4 Å². The Labute approximate surface area is 137 Å². The fraction of sp³-hybridized carbons (Fsp3) is 0.600. The van der Waals surface area contributed by atoms with Crippen molar-refractivity contribution in [2.45, 2.75) is 45.4 Å². The fourth-order valence-electron chi connectivity index (χ4n) is 5.59. The second-order valence-corrected chi connectivity index (χ2v) is 8.07. The summed E-state index contributed by atoms with van der Waals surface area (Å²) in [6.45, 7) is 1.89. The number of Topliss-reactive ketones (excluding diaryl/α,β-unsaturated/α-hetero) is 1. The molecule has 122 valence electrons. The number of carbonyl (C=O) groups excluding carboxylic acids is 2. The van der Waals surface area contributed by atoms with E-state index >= 15 is 0 Å². The Morgan fingerprint density at radius 2 is 1.70 bits per heavy atom. The van der Waals surface area contributed by atoms with Gasteiger partial charge in [0.1, 0.15) is 0 Å². The Morgan fingerprint density at radius 3 is 2.26 bits per heavy atom. The molecule has 5 rings (SSSR count). The predicted octanol–water partition coefficient (Wildman–Crippen LogP) is 3.94. The lowest BCUT2D eigenvalue weighted by molar-refractivity contribution is -0.147. The highest BCUT2D eigenvalue weighted by atomic mass is 16.5. The fourth-order valence-corrected chi connectivity index (χ4v) is 5.59. The minimum atomic E-state index is -0.383. The van der Waals surface area contributed by atoms with Crippen LogP contribution in [0.25, 0.3) is 0 Å². The first-order chi connectivity index (χ1) is 11.0. The molecule has 0 atom stereocenters. The highest BCUT2D eigenvalue weighted by molar-refractivity contribution is 5.93. The lowest BCUT2D eigenvalue weighted by Crippen LogP contribution is -2.51. The summed E-state index contributed by atoms with van der Waals surface area (Å²) in [6, 6.07) is 7.33. The third-order valence-electron chi connectivity index (χ3n) is 6.22. The van der Waals surface area contributed by atoms with E-state index in [0.717, 1.165) is 42.6 Å². The Bertz CT molecular complexity index is 611. The van der Waals surface area contributed by atoms with Crippen LogP contribution in [0, 0.1) is 30.1 Å². The molecular weight excluding hydrogens is 288 g/mol. The van der Waals surface area contributed by atoms with Crippen LogP contribution in [0.5, 0.6) is 0 Å². The van der Waals surface area contributed by atoms with Gasteiger partial charge in [0.15, 0.2) is 12.4 Å². The molecule has 4 bridgehead atoms. The number of benzene rings is 1. The van der Waals surface area contributed by atoms with Crippen LogP contribution in [0.4, 0.5) is 0 Å². The second kappa shape index (κ2) is 5.47. The molecule has 4 aliphatic rings. The molecule has 3 heteroatoms. The van der Waals surface area contributed by atoms with Crippen molar-refractivity contribution in [3.05, 3.63) is 35.4 Å². The number of hydrogen-bond acceptors (Lipinski definition) is 3. The Balaban J connectivity index is 1.41. The maximum Gasteiger partial charge on any atom is 0.338 e. The largest absolute Gasteiger partial charge is 0.454 e. The van der Waals surface area contributed by atoms with Crippen LogP contribution in [0.15, 0.2) is 24.3 Å². The summed E-state index contributed by atoms with van der Waals surface area (Å²) in [7, 11) is 0. The van der Waals surface area contributed by atoms with Gasteiger partial charge in [0.2, 0.25) is 0 Å². The van der Waals surface area contributed by atoms with E-state index in [-0.39, 0.29) is 23.8 Å². The van der Waals surface area contributed by atoms with E-state index in [2.05, 4.69) is 0 Å². The molecule has 0 aromatic heterocycles. The number of aryl methyl sites for hydroxylation is 1. The van der Waals surface area contributed by atoms with Gasteiger partial charge in [-0.1, -0.05) is 17.7 Å². The molecule has 4 saturated carbocycles. The maximum absolute atomic E-state index is 12.8. The molecule has 23 heavy (non-hydrogen) atoms. The quantitative estimate of drug-likeness (QED) is 0.791. The van der Waals surface area contributed by atoms with Crippen LogP contribution >= 0.6 is 0 Å². The molecule has 1 aromatic carbocycles. The van der Waals surface area contributed by atoms with Crippen LogP contribution in [-0.4, -0.2) is 18.4 Å². The van der Waals surface area contributed by atoms with Crippen LogP contribution in [0.1, 0.15) is 54.4 Å². The van der Waals surface area contributed by atoms with Crippen LogP contribution in [0.3, 0.4) is 0 Å². The van der Waals surface area contributed by atoms with E-state index in [1.165, 1.54) is 19.3 Å². The third-order valence-corrected chi connectivity index (χ3v) is 6.22. The molecule has 4 fully saturated rings. The van der Waals surface area contributed by atoms with Gasteiger partial charge in [-0.05, 0) is 75.3 Å². The van der Waals surface area contributed by atoms with Gasteiger partial charge in [-0.3, -0.25) is 4.79 Å². The molecule has 4 aliphatic carbocycles. The molecule has 0 aliphatic heterocycles.